The predicted octanol–water partition coefficient (Wildman–Crippen LogP) is -0.908. The molecule has 0 saturated heterocycles. The molecule has 6 heteroatoms. The minimum absolute atomic E-state index is 0.0000423. The van der Waals surface area contributed by atoms with Crippen LogP contribution in [0.2, 0.25) is 0 Å². The van der Waals surface area contributed by atoms with Crippen LogP contribution in [0.5, 0.6) is 0 Å². The number of hydrogen-bond donors (Lipinski definition) is 3. The molecule has 6 nitrogen and oxygen atoms in total. The Morgan fingerprint density at radius 3 is 3.18 bits per heavy atom. The molecular weight excluding hydrogens is 222 g/mol. The van der Waals surface area contributed by atoms with Crippen molar-refractivity contribution in [2.24, 2.45) is 5.73 Å². The van der Waals surface area contributed by atoms with Crippen LogP contribution >= 0.6 is 0 Å². The highest BCUT2D eigenvalue weighted by molar-refractivity contribution is 5.93. The average Bonchev–Trinajstić information content (AvgIpc) is 2.31. The van der Waals surface area contributed by atoms with Crippen LogP contribution in [0.4, 0.5) is 0 Å². The molecule has 2 atom stereocenters. The molecule has 0 fully saturated rings. The van der Waals surface area contributed by atoms with Gasteiger partial charge in [-0.05, 0) is 0 Å². The maximum absolute atomic E-state index is 11.3. The number of carbonyl (C=O) groups is 1. The first kappa shape index (κ1) is 13.9. The number of ether oxygens (including phenoxy) is 1. The predicted molar refractivity (Wildman–Crippen MR) is 64.0 cm³/mol. The van der Waals surface area contributed by atoms with Gasteiger partial charge >= 0.3 is 0 Å². The maximum Gasteiger partial charge on any atom is 0.246 e. The summed E-state index contributed by atoms with van der Waals surface area (Å²) in [5, 5.41) is 3.20. The number of primary amides is 1. The molecular formula is C11H19N3O3. The number of hydroxylamine groups is 1. The van der Waals surface area contributed by atoms with Gasteiger partial charge in [-0.15, -0.1) is 6.58 Å². The zero-order valence-electron chi connectivity index (χ0n) is 9.94. The summed E-state index contributed by atoms with van der Waals surface area (Å²) in [7, 11) is 1.61. The second-order valence-corrected chi connectivity index (χ2v) is 3.73. The molecule has 17 heavy (non-hydrogen) atoms. The van der Waals surface area contributed by atoms with Crippen molar-refractivity contribution in [2.45, 2.75) is 12.1 Å². The molecule has 0 spiro atoms. The number of amides is 1. The van der Waals surface area contributed by atoms with Gasteiger partial charge in [0.1, 0.15) is 0 Å². The minimum Gasteiger partial charge on any atom is -0.383 e. The van der Waals surface area contributed by atoms with E-state index in [0.29, 0.717) is 25.3 Å². The van der Waals surface area contributed by atoms with E-state index in [1.807, 2.05) is 0 Å². The van der Waals surface area contributed by atoms with Crippen molar-refractivity contribution in [1.82, 2.24) is 10.8 Å². The topological polar surface area (TPSA) is 85.6 Å². The Morgan fingerprint density at radius 1 is 1.82 bits per heavy atom. The second kappa shape index (κ2) is 7.18. The molecule has 0 aromatic carbocycles. The summed E-state index contributed by atoms with van der Waals surface area (Å²) in [6, 6.07) is -0.250. The van der Waals surface area contributed by atoms with E-state index in [4.69, 9.17) is 15.3 Å². The third-order valence-electron chi connectivity index (χ3n) is 2.40. The smallest absolute Gasteiger partial charge is 0.246 e. The highest BCUT2D eigenvalue weighted by Gasteiger charge is 2.25. The van der Waals surface area contributed by atoms with Crippen LogP contribution in [0.3, 0.4) is 0 Å². The molecule has 0 aromatic heterocycles. The Balaban J connectivity index is 2.62. The van der Waals surface area contributed by atoms with Crippen molar-refractivity contribution in [3.05, 3.63) is 24.3 Å². The summed E-state index contributed by atoms with van der Waals surface area (Å²) in [6.07, 6.45) is 3.38. The van der Waals surface area contributed by atoms with Crippen LogP contribution in [0.25, 0.3) is 0 Å². The Morgan fingerprint density at radius 2 is 2.59 bits per heavy atom. The van der Waals surface area contributed by atoms with E-state index in [1.54, 1.807) is 19.3 Å². The first-order valence-electron chi connectivity index (χ1n) is 5.41. The molecule has 96 valence electrons. The van der Waals surface area contributed by atoms with E-state index >= 15 is 0 Å². The Hall–Kier alpha value is -1.21. The first-order chi connectivity index (χ1) is 8.19. The number of nitrogens with two attached hydrogens (primary N) is 1. The largest absolute Gasteiger partial charge is 0.383 e. The highest BCUT2D eigenvalue weighted by atomic mass is 16.6. The van der Waals surface area contributed by atoms with Crippen molar-refractivity contribution < 1.29 is 14.4 Å². The van der Waals surface area contributed by atoms with Crippen LogP contribution in [0, 0.1) is 0 Å². The van der Waals surface area contributed by atoms with Crippen molar-refractivity contribution in [3.63, 3.8) is 0 Å². The van der Waals surface area contributed by atoms with Crippen LogP contribution in [0.1, 0.15) is 0 Å². The van der Waals surface area contributed by atoms with Crippen LogP contribution in [0.15, 0.2) is 24.3 Å². The second-order valence-electron chi connectivity index (χ2n) is 3.73. The molecule has 0 aliphatic carbocycles. The van der Waals surface area contributed by atoms with Crippen molar-refractivity contribution >= 4 is 5.91 Å². The molecule has 1 heterocycles. The van der Waals surface area contributed by atoms with Gasteiger partial charge in [0.25, 0.3) is 0 Å². The zero-order chi connectivity index (χ0) is 12.7. The monoisotopic (exact) mass is 241 g/mol. The molecule has 1 rings (SSSR count). The molecule has 4 N–H and O–H groups in total. The average molecular weight is 241 g/mol. The quantitative estimate of drug-likeness (QED) is 0.305. The fourth-order valence-corrected chi connectivity index (χ4v) is 1.62. The van der Waals surface area contributed by atoms with Gasteiger partial charge in [-0.3, -0.25) is 9.63 Å². The molecule has 0 unspecified atom stereocenters. The summed E-state index contributed by atoms with van der Waals surface area (Å²) in [5.74, 6) is -0.452. The normalized spacial score (nSPS) is 24.2. The lowest BCUT2D eigenvalue weighted by molar-refractivity contribution is -0.115. The summed E-state index contributed by atoms with van der Waals surface area (Å²) >= 11 is 0. The summed E-state index contributed by atoms with van der Waals surface area (Å²) < 4.78 is 5.02. The van der Waals surface area contributed by atoms with Crippen LogP contribution < -0.4 is 16.5 Å². The number of nitrogens with one attached hydrogen (secondary N) is 2. The molecule has 0 radical (unpaired) electrons. The van der Waals surface area contributed by atoms with E-state index in [0.717, 1.165) is 0 Å². The van der Waals surface area contributed by atoms with Crippen molar-refractivity contribution in [1.29, 1.82) is 0 Å². The van der Waals surface area contributed by atoms with Gasteiger partial charge in [-0.25, -0.2) is 0 Å². The van der Waals surface area contributed by atoms with Gasteiger partial charge in [0.2, 0.25) is 5.91 Å². The summed E-state index contributed by atoms with van der Waals surface area (Å²) in [6.45, 7) is 4.95. The Kier molecular flexibility index (Phi) is 5.85. The van der Waals surface area contributed by atoms with E-state index in [-0.39, 0.29) is 12.1 Å². The molecule has 0 aromatic rings. The van der Waals surface area contributed by atoms with Gasteiger partial charge in [0, 0.05) is 25.3 Å². The third-order valence-corrected chi connectivity index (χ3v) is 2.40. The number of methoxy groups -OCH3 is 1. The van der Waals surface area contributed by atoms with E-state index in [2.05, 4.69) is 17.4 Å². The Labute approximate surface area is 101 Å². The van der Waals surface area contributed by atoms with Crippen molar-refractivity contribution in [2.75, 3.05) is 26.9 Å². The minimum atomic E-state index is -0.452. The van der Waals surface area contributed by atoms with Gasteiger partial charge < -0.3 is 15.8 Å². The van der Waals surface area contributed by atoms with E-state index < -0.39 is 5.91 Å². The fraction of sp³-hybridized carbons (Fsp3) is 0.545. The first-order valence-corrected chi connectivity index (χ1v) is 5.41. The van der Waals surface area contributed by atoms with Gasteiger partial charge in [-0.2, -0.15) is 5.48 Å². The number of rotatable bonds is 7. The van der Waals surface area contributed by atoms with E-state index in [9.17, 15) is 4.79 Å². The van der Waals surface area contributed by atoms with Gasteiger partial charge in [0.15, 0.2) is 0 Å². The maximum atomic E-state index is 11.3. The Bertz CT molecular complexity index is 304. The lowest BCUT2D eigenvalue weighted by atomic mass is 10.00. The summed E-state index contributed by atoms with van der Waals surface area (Å²) in [4.78, 5) is 16.4. The molecule has 0 saturated carbocycles. The highest BCUT2D eigenvalue weighted by Crippen LogP contribution is 2.09. The molecule has 1 amide bonds. The number of hydrogen-bond acceptors (Lipinski definition) is 5. The van der Waals surface area contributed by atoms with Gasteiger partial charge in [0.05, 0.1) is 19.3 Å². The number of carbonyl (C=O) groups excluding carboxylic acids is 1. The molecule has 1 aliphatic heterocycles. The SMILES string of the molecule is C=CCON[C@H]1CN[C@H](COC)C=C1C(N)=O. The standard InChI is InChI=1S/C11H19N3O3/c1-3-4-17-14-10-6-13-8(7-16-2)5-9(10)11(12)15/h3,5,8,10,13-14H,1,4,6-7H2,2H3,(H2,12,15)/t8-,10-/m0/s1. The zero-order valence-corrected chi connectivity index (χ0v) is 9.94. The lowest BCUT2D eigenvalue weighted by Crippen LogP contribution is -2.51. The lowest BCUT2D eigenvalue weighted by Gasteiger charge is -2.28. The van der Waals surface area contributed by atoms with Crippen LogP contribution in [-0.4, -0.2) is 44.9 Å². The molecule has 1 aliphatic rings. The van der Waals surface area contributed by atoms with Crippen molar-refractivity contribution in [3.8, 4) is 0 Å². The fourth-order valence-electron chi connectivity index (χ4n) is 1.62. The van der Waals surface area contributed by atoms with Gasteiger partial charge in [-0.1, -0.05) is 12.2 Å². The third kappa shape index (κ3) is 4.27. The van der Waals surface area contributed by atoms with Crippen LogP contribution in [-0.2, 0) is 14.4 Å². The van der Waals surface area contributed by atoms with E-state index in [1.165, 1.54) is 0 Å². The molecule has 0 bridgehead atoms. The summed E-state index contributed by atoms with van der Waals surface area (Å²) in [5.41, 5.74) is 8.61.